The van der Waals surface area contributed by atoms with Gasteiger partial charge >= 0.3 is 11.9 Å². The van der Waals surface area contributed by atoms with Crippen LogP contribution in [0.15, 0.2) is 48.5 Å². The lowest BCUT2D eigenvalue weighted by Gasteiger charge is -2.06. The van der Waals surface area contributed by atoms with Gasteiger partial charge < -0.3 is 9.47 Å². The zero-order chi connectivity index (χ0) is 23.8. The number of rotatable bonds is 11. The van der Waals surface area contributed by atoms with Crippen molar-refractivity contribution >= 4 is 11.9 Å². The minimum Gasteiger partial charge on any atom is -0.462 e. The summed E-state index contributed by atoms with van der Waals surface area (Å²) in [5.41, 5.74) is 3.57. The van der Waals surface area contributed by atoms with Crippen molar-refractivity contribution in [3.05, 3.63) is 70.8 Å². The molecule has 0 aliphatic rings. The molecule has 4 heteroatoms. The fourth-order valence-corrected chi connectivity index (χ4v) is 2.84. The fraction of sp³-hybridized carbons (Fsp3) is 0.500. The van der Waals surface area contributed by atoms with Crippen LogP contribution in [0.4, 0.5) is 0 Å². The van der Waals surface area contributed by atoms with Crippen molar-refractivity contribution in [1.82, 2.24) is 0 Å². The molecule has 0 radical (unpaired) electrons. The van der Waals surface area contributed by atoms with Crippen LogP contribution in [0.25, 0.3) is 0 Å². The van der Waals surface area contributed by atoms with Crippen LogP contribution in [0, 0.1) is 19.8 Å². The minimum absolute atomic E-state index is 0.205. The zero-order valence-corrected chi connectivity index (χ0v) is 20.5. The van der Waals surface area contributed by atoms with Gasteiger partial charge in [0.2, 0.25) is 0 Å². The van der Waals surface area contributed by atoms with Gasteiger partial charge in [0, 0.05) is 0 Å². The summed E-state index contributed by atoms with van der Waals surface area (Å²) in [6.45, 7) is 11.3. The molecule has 0 atom stereocenters. The van der Waals surface area contributed by atoms with E-state index in [0.717, 1.165) is 24.0 Å². The maximum absolute atomic E-state index is 11.7. The van der Waals surface area contributed by atoms with Crippen LogP contribution in [-0.2, 0) is 9.47 Å². The Morgan fingerprint density at radius 3 is 1.59 bits per heavy atom. The molecule has 0 aliphatic carbocycles. The molecule has 2 rings (SSSR count). The lowest BCUT2D eigenvalue weighted by Crippen LogP contribution is -2.09. The number of hydrogen-bond donors (Lipinski definition) is 0. The van der Waals surface area contributed by atoms with Gasteiger partial charge in [-0.15, -0.1) is 0 Å². The van der Waals surface area contributed by atoms with Gasteiger partial charge in [0.1, 0.15) is 0 Å². The number of benzene rings is 2. The minimum atomic E-state index is -0.237. The van der Waals surface area contributed by atoms with E-state index in [1.54, 1.807) is 12.1 Å². The maximum Gasteiger partial charge on any atom is 0.338 e. The average molecular weight is 441 g/mol. The van der Waals surface area contributed by atoms with Crippen LogP contribution in [0.2, 0.25) is 0 Å². The van der Waals surface area contributed by atoms with Gasteiger partial charge in [-0.3, -0.25) is 0 Å². The molecule has 0 fully saturated rings. The Labute approximate surface area is 194 Å². The van der Waals surface area contributed by atoms with Gasteiger partial charge in [0.05, 0.1) is 24.3 Å². The molecule has 0 amide bonds. The van der Waals surface area contributed by atoms with Crippen molar-refractivity contribution in [3.63, 3.8) is 0 Å². The van der Waals surface area contributed by atoms with E-state index in [0.29, 0.717) is 30.3 Å². The van der Waals surface area contributed by atoms with E-state index >= 15 is 0 Å². The average Bonchev–Trinajstić information content (AvgIpc) is 2.78. The van der Waals surface area contributed by atoms with Crippen LogP contribution in [0.5, 0.6) is 0 Å². The maximum atomic E-state index is 11.7. The molecule has 2 aromatic carbocycles. The summed E-state index contributed by atoms with van der Waals surface area (Å²) in [5, 5.41) is 0. The largest absolute Gasteiger partial charge is 0.462 e. The highest BCUT2D eigenvalue weighted by Gasteiger charge is 2.07. The lowest BCUT2D eigenvalue weighted by molar-refractivity contribution is 0.0457. The molecule has 2 aromatic rings. The van der Waals surface area contributed by atoms with Crippen molar-refractivity contribution in [3.8, 4) is 0 Å². The standard InChI is InChI=1S/C16H24O2.C12H16O2/c1-3-4-5-6-7-8-13-18-16(17)15-11-9-14(2)10-12-15;1-9(2)8-14-12(13)11-6-4-10(3)5-7-11/h9-12H,3-8,13H2,1-2H3;4-7,9H,8H2,1-3H3. The summed E-state index contributed by atoms with van der Waals surface area (Å²) in [6.07, 6.45) is 7.24. The summed E-state index contributed by atoms with van der Waals surface area (Å²) in [6, 6.07) is 14.9. The highest BCUT2D eigenvalue weighted by atomic mass is 16.5. The Morgan fingerprint density at radius 1 is 0.688 bits per heavy atom. The Kier molecular flexibility index (Phi) is 13.8. The lowest BCUT2D eigenvalue weighted by atomic mass is 10.1. The Bertz CT molecular complexity index is 776. The second-order valence-electron chi connectivity index (χ2n) is 8.63. The molecule has 0 aliphatic heterocycles. The SMILES string of the molecule is CCCCCCCCOC(=O)c1ccc(C)cc1.Cc1ccc(C(=O)OCC(C)C)cc1. The third-order valence-corrected chi connectivity index (χ3v) is 4.85. The second kappa shape index (κ2) is 16.1. The summed E-state index contributed by atoms with van der Waals surface area (Å²) < 4.78 is 10.3. The van der Waals surface area contributed by atoms with Gasteiger partial charge in [-0.1, -0.05) is 88.3 Å². The Morgan fingerprint density at radius 2 is 1.12 bits per heavy atom. The fourth-order valence-electron chi connectivity index (χ4n) is 2.84. The number of carbonyl (C=O) groups is 2. The first-order valence-electron chi connectivity index (χ1n) is 11.8. The molecule has 0 N–H and O–H groups in total. The smallest absolute Gasteiger partial charge is 0.338 e. The molecule has 176 valence electrons. The predicted octanol–water partition coefficient (Wildman–Crippen LogP) is 7.32. The highest BCUT2D eigenvalue weighted by Crippen LogP contribution is 2.08. The Hall–Kier alpha value is -2.62. The van der Waals surface area contributed by atoms with E-state index in [1.165, 1.54) is 25.7 Å². The normalized spacial score (nSPS) is 10.3. The molecule has 0 spiro atoms. The number of unbranched alkanes of at least 4 members (excludes halogenated alkanes) is 5. The second-order valence-corrected chi connectivity index (χ2v) is 8.63. The summed E-state index contributed by atoms with van der Waals surface area (Å²) in [4.78, 5) is 23.1. The molecule has 0 unspecified atom stereocenters. The van der Waals surface area contributed by atoms with Crippen molar-refractivity contribution in [2.24, 2.45) is 5.92 Å². The third-order valence-electron chi connectivity index (χ3n) is 4.85. The van der Waals surface area contributed by atoms with Crippen molar-refractivity contribution in [1.29, 1.82) is 0 Å². The molecule has 0 saturated carbocycles. The first kappa shape index (κ1) is 27.4. The van der Waals surface area contributed by atoms with Gasteiger partial charge in [-0.25, -0.2) is 9.59 Å². The molecule has 0 bridgehead atoms. The summed E-state index contributed by atoms with van der Waals surface area (Å²) >= 11 is 0. The van der Waals surface area contributed by atoms with Crippen molar-refractivity contribution in [2.45, 2.75) is 73.1 Å². The molecular formula is C28H40O4. The molecule has 32 heavy (non-hydrogen) atoms. The van der Waals surface area contributed by atoms with Gasteiger partial charge in [0.15, 0.2) is 0 Å². The molecule has 0 saturated heterocycles. The van der Waals surface area contributed by atoms with Crippen LogP contribution < -0.4 is 0 Å². The first-order chi connectivity index (χ1) is 15.3. The van der Waals surface area contributed by atoms with Crippen LogP contribution >= 0.6 is 0 Å². The summed E-state index contributed by atoms with van der Waals surface area (Å²) in [7, 11) is 0. The van der Waals surface area contributed by atoms with E-state index < -0.39 is 0 Å². The highest BCUT2D eigenvalue weighted by molar-refractivity contribution is 5.89. The molecule has 0 heterocycles. The van der Waals surface area contributed by atoms with Crippen LogP contribution in [0.1, 0.15) is 91.1 Å². The topological polar surface area (TPSA) is 52.6 Å². The number of esters is 2. The van der Waals surface area contributed by atoms with E-state index in [1.807, 2.05) is 64.1 Å². The number of ether oxygens (including phenoxy) is 2. The van der Waals surface area contributed by atoms with E-state index in [4.69, 9.17) is 9.47 Å². The summed E-state index contributed by atoms with van der Waals surface area (Å²) in [5.74, 6) is -0.0633. The van der Waals surface area contributed by atoms with Gasteiger partial charge in [0.25, 0.3) is 0 Å². The predicted molar refractivity (Wildman–Crippen MR) is 131 cm³/mol. The molecule has 4 nitrogen and oxygen atoms in total. The van der Waals surface area contributed by atoms with Gasteiger partial charge in [-0.2, -0.15) is 0 Å². The van der Waals surface area contributed by atoms with Crippen LogP contribution in [0.3, 0.4) is 0 Å². The number of hydrogen-bond acceptors (Lipinski definition) is 4. The monoisotopic (exact) mass is 440 g/mol. The van der Waals surface area contributed by atoms with Crippen LogP contribution in [-0.4, -0.2) is 25.2 Å². The van der Waals surface area contributed by atoms with Gasteiger partial charge in [-0.05, 0) is 50.5 Å². The quantitative estimate of drug-likeness (QED) is 0.271. The number of aryl methyl sites for hydroxylation is 2. The Balaban J connectivity index is 0.000000330. The van der Waals surface area contributed by atoms with Crippen molar-refractivity contribution < 1.29 is 19.1 Å². The van der Waals surface area contributed by atoms with E-state index in [-0.39, 0.29) is 11.9 Å². The van der Waals surface area contributed by atoms with Crippen molar-refractivity contribution in [2.75, 3.05) is 13.2 Å². The van der Waals surface area contributed by atoms with E-state index in [9.17, 15) is 9.59 Å². The zero-order valence-electron chi connectivity index (χ0n) is 20.5. The number of carbonyl (C=O) groups excluding carboxylic acids is 2. The molecular weight excluding hydrogens is 400 g/mol. The molecule has 0 aromatic heterocycles. The first-order valence-corrected chi connectivity index (χ1v) is 11.8. The van der Waals surface area contributed by atoms with E-state index in [2.05, 4.69) is 6.92 Å². The third kappa shape index (κ3) is 12.3.